The lowest BCUT2D eigenvalue weighted by molar-refractivity contribution is -0.128. The Bertz CT molecular complexity index is 242. The first-order valence-corrected chi connectivity index (χ1v) is 6.14. The van der Waals surface area contributed by atoms with Crippen molar-refractivity contribution in [3.63, 3.8) is 0 Å². The van der Waals surface area contributed by atoms with Crippen LogP contribution in [0.2, 0.25) is 0 Å². The fourth-order valence-electron chi connectivity index (χ4n) is 1.43. The van der Waals surface area contributed by atoms with Crippen molar-refractivity contribution in [1.29, 1.82) is 0 Å². The molecule has 0 aromatic heterocycles. The minimum absolute atomic E-state index is 0.0143. The van der Waals surface area contributed by atoms with Gasteiger partial charge in [0.25, 0.3) is 0 Å². The molecule has 0 aliphatic rings. The standard InChI is InChI=1S/C12H25N3O2/c1-10(6-8-13)4-5-11(16)14-9-7-12(17)15(2)3/h10H,4-9,13H2,1-3H3,(H,14,16). The molecule has 0 aliphatic carbocycles. The average Bonchev–Trinajstić information content (AvgIpc) is 2.26. The summed E-state index contributed by atoms with van der Waals surface area (Å²) in [6, 6.07) is 0. The number of rotatable bonds is 8. The third-order valence-electron chi connectivity index (χ3n) is 2.68. The van der Waals surface area contributed by atoms with Crippen LogP contribution >= 0.6 is 0 Å². The lowest BCUT2D eigenvalue weighted by Gasteiger charge is -2.11. The van der Waals surface area contributed by atoms with E-state index in [4.69, 9.17) is 5.73 Å². The summed E-state index contributed by atoms with van der Waals surface area (Å²) in [4.78, 5) is 24.2. The normalized spacial score (nSPS) is 12.0. The van der Waals surface area contributed by atoms with Gasteiger partial charge in [0, 0.05) is 33.5 Å². The van der Waals surface area contributed by atoms with Crippen molar-refractivity contribution in [3.05, 3.63) is 0 Å². The zero-order valence-electron chi connectivity index (χ0n) is 11.2. The van der Waals surface area contributed by atoms with Crippen LogP contribution in [-0.2, 0) is 9.59 Å². The van der Waals surface area contributed by atoms with E-state index in [1.807, 2.05) is 0 Å². The molecule has 0 heterocycles. The van der Waals surface area contributed by atoms with Gasteiger partial charge in [0.1, 0.15) is 0 Å². The predicted octanol–water partition coefficient (Wildman–Crippen LogP) is 0.346. The number of amides is 2. The van der Waals surface area contributed by atoms with E-state index in [0.29, 0.717) is 31.8 Å². The lowest BCUT2D eigenvalue weighted by Crippen LogP contribution is -2.30. The van der Waals surface area contributed by atoms with Gasteiger partial charge in [0.05, 0.1) is 0 Å². The smallest absolute Gasteiger partial charge is 0.223 e. The van der Waals surface area contributed by atoms with E-state index in [1.165, 1.54) is 4.90 Å². The van der Waals surface area contributed by atoms with Gasteiger partial charge in [0.15, 0.2) is 0 Å². The number of hydrogen-bond donors (Lipinski definition) is 2. The van der Waals surface area contributed by atoms with E-state index in [2.05, 4.69) is 12.2 Å². The number of hydrogen-bond acceptors (Lipinski definition) is 3. The zero-order chi connectivity index (χ0) is 13.3. The molecule has 0 aromatic carbocycles. The number of nitrogens with one attached hydrogen (secondary N) is 1. The Labute approximate surface area is 104 Å². The molecule has 0 rings (SSSR count). The lowest BCUT2D eigenvalue weighted by atomic mass is 10.0. The second kappa shape index (κ2) is 8.98. The van der Waals surface area contributed by atoms with Crippen LogP contribution in [0.25, 0.3) is 0 Å². The Morgan fingerprint density at radius 1 is 1.24 bits per heavy atom. The summed E-state index contributed by atoms with van der Waals surface area (Å²) >= 11 is 0. The van der Waals surface area contributed by atoms with Crippen molar-refractivity contribution < 1.29 is 9.59 Å². The average molecular weight is 243 g/mol. The van der Waals surface area contributed by atoms with Crippen LogP contribution in [0.4, 0.5) is 0 Å². The SMILES string of the molecule is CC(CCN)CCC(=O)NCCC(=O)N(C)C. The highest BCUT2D eigenvalue weighted by Crippen LogP contribution is 2.08. The summed E-state index contributed by atoms with van der Waals surface area (Å²) < 4.78 is 0. The Morgan fingerprint density at radius 3 is 2.41 bits per heavy atom. The molecule has 0 radical (unpaired) electrons. The predicted molar refractivity (Wildman–Crippen MR) is 68.4 cm³/mol. The van der Waals surface area contributed by atoms with E-state index < -0.39 is 0 Å². The molecule has 5 heteroatoms. The minimum Gasteiger partial charge on any atom is -0.356 e. The van der Waals surface area contributed by atoms with Crippen LogP contribution in [0, 0.1) is 5.92 Å². The van der Waals surface area contributed by atoms with Gasteiger partial charge in [-0.2, -0.15) is 0 Å². The number of nitrogens with two attached hydrogens (primary N) is 1. The van der Waals surface area contributed by atoms with E-state index in [-0.39, 0.29) is 11.8 Å². The molecule has 1 unspecified atom stereocenters. The summed E-state index contributed by atoms with van der Waals surface area (Å²) in [6.07, 6.45) is 2.67. The number of nitrogens with zero attached hydrogens (tertiary/aromatic N) is 1. The molecular weight excluding hydrogens is 218 g/mol. The van der Waals surface area contributed by atoms with Crippen molar-refractivity contribution in [3.8, 4) is 0 Å². The molecule has 0 aliphatic heterocycles. The summed E-state index contributed by atoms with van der Waals surface area (Å²) in [5.74, 6) is 0.524. The van der Waals surface area contributed by atoms with E-state index in [1.54, 1.807) is 14.1 Å². The Morgan fingerprint density at radius 2 is 1.88 bits per heavy atom. The Hall–Kier alpha value is -1.10. The second-order valence-corrected chi connectivity index (χ2v) is 4.61. The highest BCUT2D eigenvalue weighted by Gasteiger charge is 2.07. The first-order valence-electron chi connectivity index (χ1n) is 6.14. The molecule has 1 atom stereocenters. The van der Waals surface area contributed by atoms with E-state index in [9.17, 15) is 9.59 Å². The Balaban J connectivity index is 3.56. The molecule has 100 valence electrons. The van der Waals surface area contributed by atoms with Gasteiger partial charge in [-0.05, 0) is 25.3 Å². The van der Waals surface area contributed by atoms with Crippen molar-refractivity contribution in [2.45, 2.75) is 32.6 Å². The topological polar surface area (TPSA) is 75.4 Å². The summed E-state index contributed by atoms with van der Waals surface area (Å²) in [5.41, 5.74) is 5.43. The summed E-state index contributed by atoms with van der Waals surface area (Å²) in [5, 5.41) is 2.75. The fraction of sp³-hybridized carbons (Fsp3) is 0.833. The fourth-order valence-corrected chi connectivity index (χ4v) is 1.43. The first kappa shape index (κ1) is 15.9. The Kier molecular flexibility index (Phi) is 8.40. The molecule has 0 aromatic rings. The number of carbonyl (C=O) groups is 2. The number of carbonyl (C=O) groups excluding carboxylic acids is 2. The second-order valence-electron chi connectivity index (χ2n) is 4.61. The van der Waals surface area contributed by atoms with E-state index in [0.717, 1.165) is 12.8 Å². The third-order valence-corrected chi connectivity index (χ3v) is 2.68. The zero-order valence-corrected chi connectivity index (χ0v) is 11.2. The van der Waals surface area contributed by atoms with Crippen LogP contribution in [0.5, 0.6) is 0 Å². The molecule has 3 N–H and O–H groups in total. The maximum atomic E-state index is 11.4. The maximum Gasteiger partial charge on any atom is 0.223 e. The van der Waals surface area contributed by atoms with Crippen LogP contribution in [0.15, 0.2) is 0 Å². The highest BCUT2D eigenvalue weighted by atomic mass is 16.2. The molecule has 0 spiro atoms. The minimum atomic E-state index is 0.0143. The van der Waals surface area contributed by atoms with Crippen LogP contribution in [-0.4, -0.2) is 43.9 Å². The molecule has 0 fully saturated rings. The van der Waals surface area contributed by atoms with Crippen molar-refractivity contribution >= 4 is 11.8 Å². The summed E-state index contributed by atoms with van der Waals surface area (Å²) in [6.45, 7) is 3.18. The van der Waals surface area contributed by atoms with Crippen molar-refractivity contribution in [2.75, 3.05) is 27.2 Å². The molecule has 0 saturated carbocycles. The van der Waals surface area contributed by atoms with Gasteiger partial charge >= 0.3 is 0 Å². The summed E-state index contributed by atoms with van der Waals surface area (Å²) in [7, 11) is 3.41. The van der Waals surface area contributed by atoms with Crippen molar-refractivity contribution in [2.24, 2.45) is 11.7 Å². The van der Waals surface area contributed by atoms with Gasteiger partial charge in [-0.1, -0.05) is 6.92 Å². The van der Waals surface area contributed by atoms with Crippen LogP contribution < -0.4 is 11.1 Å². The van der Waals surface area contributed by atoms with Crippen LogP contribution in [0.1, 0.15) is 32.6 Å². The third kappa shape index (κ3) is 8.68. The first-order chi connectivity index (χ1) is 7.97. The van der Waals surface area contributed by atoms with Gasteiger partial charge in [0.2, 0.25) is 11.8 Å². The quantitative estimate of drug-likeness (QED) is 0.646. The van der Waals surface area contributed by atoms with Crippen LogP contribution in [0.3, 0.4) is 0 Å². The molecular formula is C12H25N3O2. The van der Waals surface area contributed by atoms with Crippen molar-refractivity contribution in [1.82, 2.24) is 10.2 Å². The van der Waals surface area contributed by atoms with E-state index >= 15 is 0 Å². The largest absolute Gasteiger partial charge is 0.356 e. The molecule has 0 saturated heterocycles. The maximum absolute atomic E-state index is 11.4. The molecule has 2 amide bonds. The van der Waals surface area contributed by atoms with Gasteiger partial charge in [-0.25, -0.2) is 0 Å². The molecule has 0 bridgehead atoms. The van der Waals surface area contributed by atoms with Gasteiger partial charge in [-0.3, -0.25) is 9.59 Å². The molecule has 5 nitrogen and oxygen atoms in total. The highest BCUT2D eigenvalue weighted by molar-refractivity contribution is 5.78. The van der Waals surface area contributed by atoms with Gasteiger partial charge < -0.3 is 16.0 Å². The van der Waals surface area contributed by atoms with Gasteiger partial charge in [-0.15, -0.1) is 0 Å². The monoisotopic (exact) mass is 243 g/mol. The molecule has 17 heavy (non-hydrogen) atoms.